The van der Waals surface area contributed by atoms with Crippen molar-refractivity contribution in [1.82, 2.24) is 4.98 Å². The van der Waals surface area contributed by atoms with Crippen LogP contribution in [0.15, 0.2) is 42.6 Å². The Bertz CT molecular complexity index is 740. The van der Waals surface area contributed by atoms with E-state index in [4.69, 9.17) is 15.2 Å². The summed E-state index contributed by atoms with van der Waals surface area (Å²) in [5.74, 6) is -0.418. The van der Waals surface area contributed by atoms with Gasteiger partial charge in [0.1, 0.15) is 6.10 Å². The molecule has 1 saturated heterocycles. The quantitative estimate of drug-likeness (QED) is 0.868. The van der Waals surface area contributed by atoms with Gasteiger partial charge < -0.3 is 20.5 Å². The second-order valence-electron chi connectivity index (χ2n) is 5.38. The van der Waals surface area contributed by atoms with Crippen molar-refractivity contribution in [3.8, 4) is 5.88 Å². The topological polar surface area (TPSA) is 104 Å². The number of rotatable bonds is 5. The summed E-state index contributed by atoms with van der Waals surface area (Å²) in [4.78, 5) is 27.5. The summed E-state index contributed by atoms with van der Waals surface area (Å²) in [5, 5.41) is 2.75. The van der Waals surface area contributed by atoms with Crippen molar-refractivity contribution in [2.75, 3.05) is 18.5 Å². The Morgan fingerprint density at radius 1 is 1.21 bits per heavy atom. The normalized spacial score (nSPS) is 16.6. The van der Waals surface area contributed by atoms with Gasteiger partial charge in [-0.3, -0.25) is 9.59 Å². The first kappa shape index (κ1) is 15.9. The van der Waals surface area contributed by atoms with Gasteiger partial charge in [-0.2, -0.15) is 0 Å². The SMILES string of the molecule is NC(=O)c1ccc(NC(=O)c2ccnc(OC3CCOC3)c2)cc1. The molecule has 0 bridgehead atoms. The minimum Gasteiger partial charge on any atom is -0.472 e. The van der Waals surface area contributed by atoms with Gasteiger partial charge in [0.2, 0.25) is 11.8 Å². The largest absolute Gasteiger partial charge is 0.472 e. The smallest absolute Gasteiger partial charge is 0.255 e. The molecule has 1 aromatic carbocycles. The second kappa shape index (κ2) is 7.10. The van der Waals surface area contributed by atoms with E-state index in [-0.39, 0.29) is 12.0 Å². The van der Waals surface area contributed by atoms with E-state index in [9.17, 15) is 9.59 Å². The van der Waals surface area contributed by atoms with E-state index in [1.54, 1.807) is 36.4 Å². The number of benzene rings is 1. The van der Waals surface area contributed by atoms with Gasteiger partial charge in [-0.05, 0) is 30.3 Å². The molecule has 7 nitrogen and oxygen atoms in total. The molecule has 24 heavy (non-hydrogen) atoms. The van der Waals surface area contributed by atoms with Crippen molar-refractivity contribution >= 4 is 17.5 Å². The third kappa shape index (κ3) is 3.88. The second-order valence-corrected chi connectivity index (χ2v) is 5.38. The monoisotopic (exact) mass is 327 g/mol. The molecule has 1 aliphatic rings. The van der Waals surface area contributed by atoms with Crippen LogP contribution < -0.4 is 15.8 Å². The summed E-state index contributed by atoms with van der Waals surface area (Å²) in [6.07, 6.45) is 2.30. The molecule has 3 N–H and O–H groups in total. The minimum atomic E-state index is -0.514. The summed E-state index contributed by atoms with van der Waals surface area (Å²) < 4.78 is 10.9. The number of ether oxygens (including phenoxy) is 2. The van der Waals surface area contributed by atoms with E-state index in [0.29, 0.717) is 35.9 Å². The number of amides is 2. The minimum absolute atomic E-state index is 0.0304. The van der Waals surface area contributed by atoms with Crippen LogP contribution in [0, 0.1) is 0 Å². The molecule has 1 aromatic heterocycles. The molecule has 124 valence electrons. The Morgan fingerprint density at radius 3 is 2.67 bits per heavy atom. The predicted molar refractivity (Wildman–Crippen MR) is 87.0 cm³/mol. The van der Waals surface area contributed by atoms with E-state index >= 15 is 0 Å². The van der Waals surface area contributed by atoms with Gasteiger partial charge in [0.15, 0.2) is 0 Å². The molecular weight excluding hydrogens is 310 g/mol. The molecule has 1 fully saturated rings. The summed E-state index contributed by atoms with van der Waals surface area (Å²) in [7, 11) is 0. The molecule has 2 aromatic rings. The first-order chi connectivity index (χ1) is 11.6. The lowest BCUT2D eigenvalue weighted by Crippen LogP contribution is -2.17. The van der Waals surface area contributed by atoms with Crippen LogP contribution in [0.3, 0.4) is 0 Å². The lowest BCUT2D eigenvalue weighted by atomic mass is 10.2. The molecular formula is C17H17N3O4. The molecule has 0 aliphatic carbocycles. The predicted octanol–water partition coefficient (Wildman–Crippen LogP) is 1.60. The molecule has 1 atom stereocenters. The molecule has 1 aliphatic heterocycles. The zero-order valence-electron chi connectivity index (χ0n) is 12.9. The molecule has 3 rings (SSSR count). The van der Waals surface area contributed by atoms with Crippen LogP contribution in [-0.2, 0) is 4.74 Å². The van der Waals surface area contributed by atoms with Crippen LogP contribution in [-0.4, -0.2) is 36.1 Å². The number of carbonyl (C=O) groups excluding carboxylic acids is 2. The average molecular weight is 327 g/mol. The Morgan fingerprint density at radius 2 is 2.00 bits per heavy atom. The van der Waals surface area contributed by atoms with Gasteiger partial charge >= 0.3 is 0 Å². The zero-order valence-corrected chi connectivity index (χ0v) is 12.9. The Hall–Kier alpha value is -2.93. The number of nitrogens with one attached hydrogen (secondary N) is 1. The maximum absolute atomic E-state index is 12.3. The Kier molecular flexibility index (Phi) is 4.72. The zero-order chi connectivity index (χ0) is 16.9. The third-order valence-corrected chi connectivity index (χ3v) is 3.60. The molecule has 7 heteroatoms. The Labute approximate surface area is 138 Å². The number of nitrogens with zero attached hydrogens (tertiary/aromatic N) is 1. The van der Waals surface area contributed by atoms with Crippen LogP contribution >= 0.6 is 0 Å². The van der Waals surface area contributed by atoms with Crippen molar-refractivity contribution < 1.29 is 19.1 Å². The number of anilines is 1. The van der Waals surface area contributed by atoms with Crippen LogP contribution in [0.2, 0.25) is 0 Å². The van der Waals surface area contributed by atoms with Crippen LogP contribution in [0.1, 0.15) is 27.1 Å². The van der Waals surface area contributed by atoms with Crippen molar-refractivity contribution in [2.45, 2.75) is 12.5 Å². The van der Waals surface area contributed by atoms with Gasteiger partial charge in [0.25, 0.3) is 5.91 Å². The van der Waals surface area contributed by atoms with Crippen molar-refractivity contribution in [3.63, 3.8) is 0 Å². The number of pyridine rings is 1. The summed E-state index contributed by atoms with van der Waals surface area (Å²) in [6.45, 7) is 1.20. The maximum atomic E-state index is 12.3. The molecule has 1 unspecified atom stereocenters. The van der Waals surface area contributed by atoms with Crippen LogP contribution in [0.25, 0.3) is 0 Å². The van der Waals surface area contributed by atoms with Crippen LogP contribution in [0.4, 0.5) is 5.69 Å². The molecule has 0 saturated carbocycles. The summed E-state index contributed by atoms with van der Waals surface area (Å²) in [5.41, 5.74) is 6.56. The van der Waals surface area contributed by atoms with E-state index < -0.39 is 5.91 Å². The summed E-state index contributed by atoms with van der Waals surface area (Å²) in [6, 6.07) is 9.54. The standard InChI is InChI=1S/C17H17N3O4/c18-16(21)11-1-3-13(4-2-11)20-17(22)12-5-7-19-15(9-12)24-14-6-8-23-10-14/h1-5,7,9,14H,6,8,10H2,(H2,18,21)(H,20,22). The van der Waals surface area contributed by atoms with Gasteiger partial charge in [-0.1, -0.05) is 0 Å². The van der Waals surface area contributed by atoms with E-state index in [1.807, 2.05) is 0 Å². The third-order valence-electron chi connectivity index (χ3n) is 3.60. The highest BCUT2D eigenvalue weighted by Gasteiger charge is 2.18. The lowest BCUT2D eigenvalue weighted by molar-refractivity contribution is 0.0998. The molecule has 2 amide bonds. The molecule has 2 heterocycles. The first-order valence-electron chi connectivity index (χ1n) is 7.53. The fourth-order valence-corrected chi connectivity index (χ4v) is 2.31. The fourth-order valence-electron chi connectivity index (χ4n) is 2.31. The van der Waals surface area contributed by atoms with Crippen LogP contribution in [0.5, 0.6) is 5.88 Å². The first-order valence-corrected chi connectivity index (χ1v) is 7.53. The Balaban J connectivity index is 1.66. The van der Waals surface area contributed by atoms with Gasteiger partial charge in [0, 0.05) is 35.5 Å². The highest BCUT2D eigenvalue weighted by molar-refractivity contribution is 6.04. The number of primary amides is 1. The fraction of sp³-hybridized carbons (Fsp3) is 0.235. The highest BCUT2D eigenvalue weighted by Crippen LogP contribution is 2.17. The van der Waals surface area contributed by atoms with Gasteiger partial charge in [-0.25, -0.2) is 4.98 Å². The molecule has 0 spiro atoms. The van der Waals surface area contributed by atoms with Gasteiger partial charge in [0.05, 0.1) is 13.2 Å². The average Bonchev–Trinajstić information content (AvgIpc) is 3.08. The van der Waals surface area contributed by atoms with Crippen molar-refractivity contribution in [2.24, 2.45) is 5.73 Å². The number of nitrogens with two attached hydrogens (primary N) is 1. The highest BCUT2D eigenvalue weighted by atomic mass is 16.5. The lowest BCUT2D eigenvalue weighted by Gasteiger charge is -2.11. The van der Waals surface area contributed by atoms with E-state index in [0.717, 1.165) is 6.42 Å². The number of hydrogen-bond acceptors (Lipinski definition) is 5. The summed E-state index contributed by atoms with van der Waals surface area (Å²) >= 11 is 0. The van der Waals surface area contributed by atoms with Crippen molar-refractivity contribution in [1.29, 1.82) is 0 Å². The van der Waals surface area contributed by atoms with E-state index in [1.165, 1.54) is 6.20 Å². The number of carbonyl (C=O) groups is 2. The number of aromatic nitrogens is 1. The van der Waals surface area contributed by atoms with E-state index in [2.05, 4.69) is 10.3 Å². The van der Waals surface area contributed by atoms with Crippen molar-refractivity contribution in [3.05, 3.63) is 53.7 Å². The molecule has 0 radical (unpaired) electrons. The van der Waals surface area contributed by atoms with Gasteiger partial charge in [-0.15, -0.1) is 0 Å². The number of hydrogen-bond donors (Lipinski definition) is 2. The maximum Gasteiger partial charge on any atom is 0.255 e.